The summed E-state index contributed by atoms with van der Waals surface area (Å²) in [6.07, 6.45) is 25.6. The molecular formula is C78H74S12. The molecule has 0 radical (unpaired) electrons. The molecule has 0 aliphatic rings. The highest BCUT2D eigenvalue weighted by Crippen LogP contribution is 2.55. The second-order valence-corrected chi connectivity index (χ2v) is 37.5. The summed E-state index contributed by atoms with van der Waals surface area (Å²) in [5.74, 6) is 0. The molecule has 0 bridgehead atoms. The molecule has 15 rings (SSSR count). The van der Waals surface area contributed by atoms with E-state index < -0.39 is 0 Å². The highest BCUT2D eigenvalue weighted by Gasteiger charge is 2.24. The van der Waals surface area contributed by atoms with Crippen LogP contribution in [0.3, 0.4) is 0 Å². The normalized spacial score (nSPS) is 12.2. The number of thiophene rings is 12. The van der Waals surface area contributed by atoms with Crippen molar-refractivity contribution in [3.05, 3.63) is 153 Å². The van der Waals surface area contributed by atoms with Crippen molar-refractivity contribution in [2.24, 2.45) is 0 Å². The van der Waals surface area contributed by atoms with Gasteiger partial charge in [0, 0.05) is 159 Å². The second kappa shape index (κ2) is 27.9. The maximum absolute atomic E-state index is 2.65. The number of hydrogen-bond donors (Lipinski definition) is 0. The third-order valence-electron chi connectivity index (χ3n) is 17.8. The fraction of sp³-hybridized carbons (Fsp3) is 0.308. The number of hydrogen-bond acceptors (Lipinski definition) is 12. The Labute approximate surface area is 578 Å². The lowest BCUT2D eigenvalue weighted by atomic mass is 9.98. The lowest BCUT2D eigenvalue weighted by molar-refractivity contribution is 0.670. The average molecular weight is 1400 g/mol. The van der Waals surface area contributed by atoms with Crippen molar-refractivity contribution in [3.63, 3.8) is 0 Å². The number of rotatable bonds is 28. The van der Waals surface area contributed by atoms with E-state index in [1.165, 1.54) is 288 Å². The lowest BCUT2D eigenvalue weighted by Crippen LogP contribution is -1.80. The summed E-state index contributed by atoms with van der Waals surface area (Å²) in [6, 6.07) is 53.8. The van der Waals surface area contributed by atoms with Crippen LogP contribution in [-0.2, 0) is 25.7 Å². The Hall–Kier alpha value is -4.38. The summed E-state index contributed by atoms with van der Waals surface area (Å²) in [5.41, 5.74) is 0. The molecule has 3 aromatic carbocycles. The van der Waals surface area contributed by atoms with Crippen LogP contribution in [0.2, 0.25) is 0 Å². The maximum Gasteiger partial charge on any atom is 0.0455 e. The molecule has 0 atom stereocenters. The first kappa shape index (κ1) is 61.8. The monoisotopic (exact) mass is 1390 g/mol. The number of unbranched alkanes of at least 4 members (excludes halogenated alkanes) is 12. The van der Waals surface area contributed by atoms with E-state index in [1.807, 2.05) is 136 Å². The van der Waals surface area contributed by atoms with E-state index in [0.717, 1.165) is 0 Å². The molecule has 12 aromatic heterocycles. The predicted octanol–water partition coefficient (Wildman–Crippen LogP) is 31.2. The van der Waals surface area contributed by atoms with Crippen molar-refractivity contribution >= 4 is 198 Å². The first-order valence-electron chi connectivity index (χ1n) is 32.9. The fourth-order valence-electron chi connectivity index (χ4n) is 12.9. The van der Waals surface area contributed by atoms with E-state index in [1.54, 1.807) is 0 Å². The molecule has 0 aliphatic heterocycles. The molecule has 0 saturated heterocycles. The van der Waals surface area contributed by atoms with Gasteiger partial charge in [0.15, 0.2) is 0 Å². The standard InChI is InChI=1S/C78H74S12/c1-5-9-13-17-21-47-25-29-59(79-47)63-33-37-67(83-63)71-43-55-56-44-72(68-38-34-64(84-68)60-30-26-48(80-60)22-18-14-10-6-2)88-76(56)52-42-54-53(41-51(52)75(55)87-71)77-57(45-73(89-77)69-39-35-65(85-69)61-31-27-49(81-61)23-19-15-11-7-3)58-46-74(90-78(54)58)70-40-36-66(86-70)62-32-28-50(82-62)24-20-16-12-8-4/h25-46H,5-24H2,1-4H3. The Kier molecular flexibility index (Phi) is 19.2. The molecule has 0 nitrogen and oxygen atoms in total. The zero-order valence-corrected chi connectivity index (χ0v) is 61.5. The Bertz CT molecular complexity index is 4330. The van der Waals surface area contributed by atoms with Crippen molar-refractivity contribution in [3.8, 4) is 78.0 Å². The quantitative estimate of drug-likeness (QED) is 0.0339. The zero-order valence-electron chi connectivity index (χ0n) is 51.7. The fourth-order valence-corrected chi connectivity index (χ4v) is 26.6. The van der Waals surface area contributed by atoms with E-state index in [9.17, 15) is 0 Å². The molecule has 0 aliphatic carbocycles. The Morgan fingerprint density at radius 2 is 0.367 bits per heavy atom. The second-order valence-electron chi connectivity index (χ2n) is 24.3. The molecule has 0 spiro atoms. The smallest absolute Gasteiger partial charge is 0.0455 e. The van der Waals surface area contributed by atoms with Crippen LogP contribution in [0.5, 0.6) is 0 Å². The summed E-state index contributed by atoms with van der Waals surface area (Å²) in [4.78, 5) is 28.1. The lowest BCUT2D eigenvalue weighted by Gasteiger charge is -2.08. The van der Waals surface area contributed by atoms with Gasteiger partial charge in [-0.25, -0.2) is 0 Å². The Balaban J connectivity index is 0.871. The molecule has 0 unspecified atom stereocenters. The number of aryl methyl sites for hydroxylation is 4. The van der Waals surface area contributed by atoms with Crippen LogP contribution in [0.25, 0.3) is 140 Å². The van der Waals surface area contributed by atoms with Gasteiger partial charge in [-0.1, -0.05) is 105 Å². The topological polar surface area (TPSA) is 0 Å². The molecule has 90 heavy (non-hydrogen) atoms. The van der Waals surface area contributed by atoms with Gasteiger partial charge < -0.3 is 0 Å². The zero-order chi connectivity index (χ0) is 60.7. The van der Waals surface area contributed by atoms with Crippen molar-refractivity contribution in [2.45, 2.75) is 156 Å². The molecule has 12 heterocycles. The van der Waals surface area contributed by atoms with Gasteiger partial charge >= 0.3 is 0 Å². The third-order valence-corrected chi connectivity index (χ3v) is 32.9. The molecule has 0 amide bonds. The minimum Gasteiger partial charge on any atom is -0.139 e. The first-order valence-corrected chi connectivity index (χ1v) is 42.7. The first-order chi connectivity index (χ1) is 44.4. The van der Waals surface area contributed by atoms with Gasteiger partial charge in [-0.15, -0.1) is 136 Å². The van der Waals surface area contributed by atoms with Crippen LogP contribution in [0.4, 0.5) is 0 Å². The van der Waals surface area contributed by atoms with Crippen LogP contribution >= 0.6 is 136 Å². The van der Waals surface area contributed by atoms with Gasteiger partial charge in [0.05, 0.1) is 0 Å². The molecule has 15 aromatic rings. The average Bonchev–Trinajstić information content (AvgIpc) is 1.51. The Morgan fingerprint density at radius 1 is 0.178 bits per heavy atom. The summed E-state index contributed by atoms with van der Waals surface area (Å²) < 4.78 is 5.61. The van der Waals surface area contributed by atoms with Crippen LogP contribution in [0.1, 0.15) is 150 Å². The number of benzene rings is 3. The molecule has 458 valence electrons. The van der Waals surface area contributed by atoms with E-state index in [-0.39, 0.29) is 0 Å². The van der Waals surface area contributed by atoms with Gasteiger partial charge in [-0.3, -0.25) is 0 Å². The van der Waals surface area contributed by atoms with Crippen LogP contribution in [0, 0.1) is 0 Å². The molecule has 12 heteroatoms. The van der Waals surface area contributed by atoms with Gasteiger partial charge in [-0.2, -0.15) is 0 Å². The largest absolute Gasteiger partial charge is 0.139 e. The van der Waals surface area contributed by atoms with E-state index >= 15 is 0 Å². The van der Waals surface area contributed by atoms with Gasteiger partial charge in [-0.05, 0) is 185 Å². The summed E-state index contributed by atoms with van der Waals surface area (Å²) in [6.45, 7) is 9.22. The van der Waals surface area contributed by atoms with Crippen molar-refractivity contribution in [2.75, 3.05) is 0 Å². The van der Waals surface area contributed by atoms with Crippen LogP contribution in [0.15, 0.2) is 133 Å². The van der Waals surface area contributed by atoms with Crippen molar-refractivity contribution in [1.29, 1.82) is 0 Å². The summed E-state index contributed by atoms with van der Waals surface area (Å²) >= 11 is 23.9. The van der Waals surface area contributed by atoms with Crippen molar-refractivity contribution in [1.82, 2.24) is 0 Å². The highest BCUT2D eigenvalue weighted by atomic mass is 32.1. The SMILES string of the molecule is CCCCCCc1ccc(-c2ccc(-c3cc4c5cc(-c6ccc(-c7ccc(CCCCCC)s7)s6)sc5c5cc6c(cc5c4s3)c3sc(-c4ccc(-c5ccc(CCCCCC)s5)s4)cc3c3cc(-c4ccc(-c5ccc(CCCCCC)s5)s4)sc36)s2)s1. The summed E-state index contributed by atoms with van der Waals surface area (Å²) in [5, 5.41) is 11.1. The molecule has 0 fully saturated rings. The van der Waals surface area contributed by atoms with E-state index in [4.69, 9.17) is 0 Å². The minimum atomic E-state index is 1.19. The molecule has 0 saturated carbocycles. The molecular weight excluding hydrogens is 1320 g/mol. The number of fused-ring (bicyclic) bond motifs is 12. The van der Waals surface area contributed by atoms with E-state index in [0.29, 0.717) is 0 Å². The highest BCUT2D eigenvalue weighted by molar-refractivity contribution is 7.32. The van der Waals surface area contributed by atoms with Crippen LogP contribution in [-0.4, -0.2) is 0 Å². The van der Waals surface area contributed by atoms with E-state index in [2.05, 4.69) is 161 Å². The Morgan fingerprint density at radius 3 is 0.589 bits per heavy atom. The molecule has 0 N–H and O–H groups in total. The summed E-state index contributed by atoms with van der Waals surface area (Å²) in [7, 11) is 0. The third kappa shape index (κ3) is 12.7. The van der Waals surface area contributed by atoms with Gasteiger partial charge in [0.1, 0.15) is 0 Å². The predicted molar refractivity (Wildman–Crippen MR) is 421 cm³/mol. The van der Waals surface area contributed by atoms with Gasteiger partial charge in [0.25, 0.3) is 0 Å². The van der Waals surface area contributed by atoms with Crippen molar-refractivity contribution < 1.29 is 0 Å². The van der Waals surface area contributed by atoms with Crippen LogP contribution < -0.4 is 0 Å². The maximum atomic E-state index is 2.65. The minimum absolute atomic E-state index is 1.19. The van der Waals surface area contributed by atoms with Gasteiger partial charge in [0.2, 0.25) is 0 Å².